The van der Waals surface area contributed by atoms with Crippen molar-refractivity contribution in [1.29, 1.82) is 0 Å². The zero-order valence-corrected chi connectivity index (χ0v) is 12.0. The van der Waals surface area contributed by atoms with Gasteiger partial charge in [0.1, 0.15) is 0 Å². The molecular weight excluding hydrogens is 212 g/mol. The van der Waals surface area contributed by atoms with Gasteiger partial charge in [-0.15, -0.1) is 0 Å². The van der Waals surface area contributed by atoms with Crippen LogP contribution in [0.4, 0.5) is 5.69 Å². The second-order valence-electron chi connectivity index (χ2n) is 3.56. The van der Waals surface area contributed by atoms with Gasteiger partial charge in [0.2, 0.25) is 0 Å². The second kappa shape index (κ2) is 8.07. The summed E-state index contributed by atoms with van der Waals surface area (Å²) in [4.78, 5) is 4.25. The maximum Gasteiger partial charge on any atom is 0.0997 e. The molecule has 2 rings (SSSR count). The largest absolute Gasteiger partial charge is 0.387 e. The van der Waals surface area contributed by atoms with Gasteiger partial charge in [-0.3, -0.25) is 4.98 Å². The third kappa shape index (κ3) is 3.70. The highest BCUT2D eigenvalue weighted by Gasteiger charge is 2.20. The van der Waals surface area contributed by atoms with Crippen molar-refractivity contribution >= 4 is 5.69 Å². The van der Waals surface area contributed by atoms with E-state index in [1.165, 1.54) is 11.1 Å². The highest BCUT2D eigenvalue weighted by atomic mass is 16.3. The molecule has 2 N–H and O–H groups in total. The molecular formula is C14H26N2O. The van der Waals surface area contributed by atoms with Crippen molar-refractivity contribution in [3.63, 3.8) is 0 Å². The van der Waals surface area contributed by atoms with E-state index in [0.717, 1.165) is 24.3 Å². The summed E-state index contributed by atoms with van der Waals surface area (Å²) in [5.41, 5.74) is 4.19. The summed E-state index contributed by atoms with van der Waals surface area (Å²) >= 11 is 0. The first-order valence-corrected chi connectivity index (χ1v) is 6.58. The summed E-state index contributed by atoms with van der Waals surface area (Å²) in [6.45, 7) is 12.9. The van der Waals surface area contributed by atoms with Crippen molar-refractivity contribution in [2.45, 2.75) is 54.1 Å². The number of rotatable bonds is 0. The molecule has 0 saturated carbocycles. The maximum atomic E-state index is 9.67. The number of nitrogens with zero attached hydrogens (tertiary/aromatic N) is 1. The molecule has 1 aromatic rings. The van der Waals surface area contributed by atoms with Crippen molar-refractivity contribution < 1.29 is 5.11 Å². The first kappa shape index (κ1) is 15.9. The minimum Gasteiger partial charge on any atom is -0.387 e. The van der Waals surface area contributed by atoms with E-state index < -0.39 is 6.10 Å². The molecule has 3 heteroatoms. The molecule has 17 heavy (non-hydrogen) atoms. The first-order chi connectivity index (χ1) is 8.20. The molecule has 0 amide bonds. The number of hydrogen-bond donors (Lipinski definition) is 2. The SMILES string of the molecule is CC.CC.Cc1cnc2c(c1C)NCCC2O. The smallest absolute Gasteiger partial charge is 0.0997 e. The molecule has 1 aliphatic rings. The molecule has 0 bridgehead atoms. The van der Waals surface area contributed by atoms with Crippen LogP contribution in [0.25, 0.3) is 0 Å². The third-order valence-corrected chi connectivity index (χ3v) is 2.66. The second-order valence-corrected chi connectivity index (χ2v) is 3.56. The van der Waals surface area contributed by atoms with Crippen LogP contribution in [0.1, 0.15) is 57.0 Å². The predicted molar refractivity (Wildman–Crippen MR) is 74.5 cm³/mol. The lowest BCUT2D eigenvalue weighted by Crippen LogP contribution is -2.19. The third-order valence-electron chi connectivity index (χ3n) is 2.66. The molecule has 98 valence electrons. The van der Waals surface area contributed by atoms with E-state index in [9.17, 15) is 5.11 Å². The predicted octanol–water partition coefficient (Wildman–Crippen LogP) is 3.60. The number of anilines is 1. The van der Waals surface area contributed by atoms with Crippen LogP contribution in [0.3, 0.4) is 0 Å². The Kier molecular flexibility index (Phi) is 7.55. The number of hydrogen-bond acceptors (Lipinski definition) is 3. The molecule has 1 unspecified atom stereocenters. The van der Waals surface area contributed by atoms with Crippen LogP contribution in [0, 0.1) is 13.8 Å². The average Bonchev–Trinajstić information content (AvgIpc) is 2.39. The Bertz CT molecular complexity index is 337. The van der Waals surface area contributed by atoms with Crippen LogP contribution in [-0.2, 0) is 0 Å². The minimum absolute atomic E-state index is 0.393. The Labute approximate surface area is 105 Å². The number of aliphatic hydroxyl groups is 1. The van der Waals surface area contributed by atoms with E-state index in [4.69, 9.17) is 0 Å². The molecule has 0 spiro atoms. The van der Waals surface area contributed by atoms with E-state index in [1.54, 1.807) is 0 Å². The van der Waals surface area contributed by atoms with Crippen LogP contribution in [0.2, 0.25) is 0 Å². The highest BCUT2D eigenvalue weighted by molar-refractivity contribution is 5.58. The fraction of sp³-hybridized carbons (Fsp3) is 0.643. The number of fused-ring (bicyclic) bond motifs is 1. The molecule has 0 saturated heterocycles. The fourth-order valence-electron chi connectivity index (χ4n) is 1.66. The normalized spacial score (nSPS) is 16.5. The van der Waals surface area contributed by atoms with E-state index in [0.29, 0.717) is 0 Å². The number of nitrogens with one attached hydrogen (secondary N) is 1. The molecule has 0 aromatic carbocycles. The lowest BCUT2D eigenvalue weighted by molar-refractivity contribution is 0.163. The molecule has 0 radical (unpaired) electrons. The molecule has 1 aromatic heterocycles. The Hall–Kier alpha value is -1.09. The van der Waals surface area contributed by atoms with Crippen LogP contribution in [0.5, 0.6) is 0 Å². The summed E-state index contributed by atoms with van der Waals surface area (Å²) in [6.07, 6.45) is 2.18. The number of aliphatic hydroxyl groups excluding tert-OH is 1. The van der Waals surface area contributed by atoms with Crippen molar-refractivity contribution in [1.82, 2.24) is 4.98 Å². The van der Waals surface area contributed by atoms with Crippen molar-refractivity contribution in [3.8, 4) is 0 Å². The Morgan fingerprint density at radius 2 is 1.82 bits per heavy atom. The van der Waals surface area contributed by atoms with Gasteiger partial charge < -0.3 is 10.4 Å². The Balaban J connectivity index is 0.000000581. The lowest BCUT2D eigenvalue weighted by atomic mass is 10.0. The zero-order valence-electron chi connectivity index (χ0n) is 12.0. The molecule has 1 atom stereocenters. The molecule has 2 heterocycles. The van der Waals surface area contributed by atoms with Gasteiger partial charge in [-0.2, -0.15) is 0 Å². The van der Waals surface area contributed by atoms with Crippen LogP contribution >= 0.6 is 0 Å². The zero-order chi connectivity index (χ0) is 13.4. The summed E-state index contributed by atoms with van der Waals surface area (Å²) in [6, 6.07) is 0. The number of pyridine rings is 1. The quantitative estimate of drug-likeness (QED) is 0.726. The molecule has 0 aliphatic carbocycles. The van der Waals surface area contributed by atoms with Crippen molar-refractivity contribution in [2.75, 3.05) is 11.9 Å². The van der Waals surface area contributed by atoms with E-state index in [2.05, 4.69) is 17.2 Å². The Morgan fingerprint density at radius 1 is 1.24 bits per heavy atom. The van der Waals surface area contributed by atoms with Crippen molar-refractivity contribution in [3.05, 3.63) is 23.0 Å². The number of aryl methyl sites for hydroxylation is 1. The van der Waals surface area contributed by atoms with Gasteiger partial charge in [-0.05, 0) is 31.4 Å². The summed E-state index contributed by atoms with van der Waals surface area (Å²) in [5.74, 6) is 0. The van der Waals surface area contributed by atoms with Gasteiger partial charge in [-0.25, -0.2) is 0 Å². The summed E-state index contributed by atoms with van der Waals surface area (Å²) in [7, 11) is 0. The molecule has 1 aliphatic heterocycles. The van der Waals surface area contributed by atoms with Crippen LogP contribution in [-0.4, -0.2) is 16.6 Å². The standard InChI is InChI=1S/C10H14N2O.2C2H6/c1-6-5-12-10-8(13)3-4-11-9(10)7(6)2;2*1-2/h5,8,11,13H,3-4H2,1-2H3;2*1-2H3. The van der Waals surface area contributed by atoms with Gasteiger partial charge >= 0.3 is 0 Å². The topological polar surface area (TPSA) is 45.2 Å². The first-order valence-electron chi connectivity index (χ1n) is 6.58. The maximum absolute atomic E-state index is 9.67. The minimum atomic E-state index is -0.393. The van der Waals surface area contributed by atoms with Gasteiger partial charge in [0.15, 0.2) is 0 Å². The van der Waals surface area contributed by atoms with Crippen molar-refractivity contribution in [2.24, 2.45) is 0 Å². The highest BCUT2D eigenvalue weighted by Crippen LogP contribution is 2.31. The summed E-state index contributed by atoms with van der Waals surface area (Å²) in [5, 5.41) is 13.0. The van der Waals surface area contributed by atoms with Gasteiger partial charge in [-0.1, -0.05) is 27.7 Å². The van der Waals surface area contributed by atoms with E-state index in [1.807, 2.05) is 40.8 Å². The summed E-state index contributed by atoms with van der Waals surface area (Å²) < 4.78 is 0. The van der Waals surface area contributed by atoms with E-state index >= 15 is 0 Å². The average molecular weight is 238 g/mol. The number of aromatic nitrogens is 1. The van der Waals surface area contributed by atoms with Gasteiger partial charge in [0.25, 0.3) is 0 Å². The molecule has 0 fully saturated rings. The monoisotopic (exact) mass is 238 g/mol. The van der Waals surface area contributed by atoms with Crippen LogP contribution in [0.15, 0.2) is 6.20 Å². The van der Waals surface area contributed by atoms with E-state index in [-0.39, 0.29) is 0 Å². The van der Waals surface area contributed by atoms with Crippen LogP contribution < -0.4 is 5.32 Å². The molecule has 3 nitrogen and oxygen atoms in total. The van der Waals surface area contributed by atoms with Gasteiger partial charge in [0.05, 0.1) is 17.5 Å². The fourth-order valence-corrected chi connectivity index (χ4v) is 1.66. The lowest BCUT2D eigenvalue weighted by Gasteiger charge is -2.24. The van der Waals surface area contributed by atoms with Gasteiger partial charge in [0, 0.05) is 12.7 Å². The Morgan fingerprint density at radius 3 is 2.41 bits per heavy atom.